The maximum atomic E-state index is 12.4. The summed E-state index contributed by atoms with van der Waals surface area (Å²) in [5, 5.41) is 7.06. The van der Waals surface area contributed by atoms with E-state index in [9.17, 15) is 8.42 Å². The number of rotatable bonds is 6. The summed E-state index contributed by atoms with van der Waals surface area (Å²) < 4.78 is 34.4. The molecule has 1 unspecified atom stereocenters. The van der Waals surface area contributed by atoms with Crippen LogP contribution in [0.1, 0.15) is 19.8 Å². The van der Waals surface area contributed by atoms with Crippen LogP contribution in [0.4, 0.5) is 0 Å². The fourth-order valence-corrected chi connectivity index (χ4v) is 3.60. The highest BCUT2D eigenvalue weighted by atomic mass is 32.2. The third-order valence-corrected chi connectivity index (χ3v) is 4.92. The average Bonchev–Trinajstić information content (AvgIpc) is 2.85. The van der Waals surface area contributed by atoms with Gasteiger partial charge in [0.05, 0.1) is 24.9 Å². The summed E-state index contributed by atoms with van der Waals surface area (Å²) in [6, 6.07) is 0. The van der Waals surface area contributed by atoms with Gasteiger partial charge in [0.15, 0.2) is 0 Å². The van der Waals surface area contributed by atoms with E-state index in [2.05, 4.69) is 15.1 Å². The number of nitrogens with zero attached hydrogens (tertiary/aromatic N) is 2. The first kappa shape index (κ1) is 15.4. The van der Waals surface area contributed by atoms with Crippen LogP contribution in [0.3, 0.4) is 0 Å². The molecule has 1 aliphatic rings. The predicted octanol–water partition coefficient (Wildman–Crippen LogP) is -0.0501. The van der Waals surface area contributed by atoms with Gasteiger partial charge in [-0.3, -0.25) is 4.68 Å². The number of aromatic nitrogens is 2. The summed E-state index contributed by atoms with van der Waals surface area (Å²) in [7, 11) is -1.72. The molecule has 114 valence electrons. The summed E-state index contributed by atoms with van der Waals surface area (Å²) >= 11 is 0. The molecule has 7 nitrogen and oxygen atoms in total. The molecule has 1 atom stereocenters. The van der Waals surface area contributed by atoms with Crippen LogP contribution >= 0.6 is 0 Å². The molecule has 0 spiro atoms. The number of ether oxygens (including phenoxy) is 1. The van der Waals surface area contributed by atoms with E-state index < -0.39 is 15.6 Å². The van der Waals surface area contributed by atoms with E-state index in [-0.39, 0.29) is 4.90 Å². The molecular weight excluding hydrogens is 280 g/mol. The van der Waals surface area contributed by atoms with Crippen molar-refractivity contribution in [2.24, 2.45) is 0 Å². The SMILES string of the molecule is CNCCn1cc(S(=O)(=O)NC2(C)CCCOC2)cn1. The van der Waals surface area contributed by atoms with Gasteiger partial charge in [0, 0.05) is 19.3 Å². The number of nitrogens with one attached hydrogen (secondary N) is 2. The van der Waals surface area contributed by atoms with E-state index in [1.165, 1.54) is 6.20 Å². The highest BCUT2D eigenvalue weighted by Gasteiger charge is 2.33. The van der Waals surface area contributed by atoms with Gasteiger partial charge in [-0.15, -0.1) is 0 Å². The van der Waals surface area contributed by atoms with E-state index >= 15 is 0 Å². The first-order chi connectivity index (χ1) is 9.45. The van der Waals surface area contributed by atoms with Crippen LogP contribution in [-0.4, -0.2) is 50.5 Å². The van der Waals surface area contributed by atoms with Gasteiger partial charge in [-0.25, -0.2) is 13.1 Å². The fraction of sp³-hybridized carbons (Fsp3) is 0.750. The van der Waals surface area contributed by atoms with Crippen LogP contribution in [0, 0.1) is 0 Å². The quantitative estimate of drug-likeness (QED) is 0.769. The molecule has 2 N–H and O–H groups in total. The second-order valence-corrected chi connectivity index (χ2v) is 7.05. The third kappa shape index (κ3) is 3.78. The van der Waals surface area contributed by atoms with Crippen LogP contribution in [0.25, 0.3) is 0 Å². The topological polar surface area (TPSA) is 85.2 Å². The predicted molar refractivity (Wildman–Crippen MR) is 74.9 cm³/mol. The zero-order valence-electron chi connectivity index (χ0n) is 11.9. The lowest BCUT2D eigenvalue weighted by molar-refractivity contribution is 0.0386. The second-order valence-electron chi connectivity index (χ2n) is 5.36. The lowest BCUT2D eigenvalue weighted by Crippen LogP contribution is -2.51. The first-order valence-electron chi connectivity index (χ1n) is 6.74. The third-order valence-electron chi connectivity index (χ3n) is 3.33. The molecule has 0 bridgehead atoms. The van der Waals surface area contributed by atoms with E-state index in [0.717, 1.165) is 19.4 Å². The largest absolute Gasteiger partial charge is 0.380 e. The van der Waals surface area contributed by atoms with Crippen LogP contribution in [0.15, 0.2) is 17.3 Å². The molecule has 2 rings (SSSR count). The average molecular weight is 302 g/mol. The summed E-state index contributed by atoms with van der Waals surface area (Å²) in [4.78, 5) is 0.195. The van der Waals surface area contributed by atoms with E-state index in [1.54, 1.807) is 10.9 Å². The molecule has 8 heteroatoms. The molecule has 1 aliphatic heterocycles. The van der Waals surface area contributed by atoms with Crippen LogP contribution < -0.4 is 10.0 Å². The smallest absolute Gasteiger partial charge is 0.244 e. The minimum atomic E-state index is -3.56. The summed E-state index contributed by atoms with van der Waals surface area (Å²) in [6.45, 7) is 4.33. The van der Waals surface area contributed by atoms with Gasteiger partial charge >= 0.3 is 0 Å². The zero-order chi connectivity index (χ0) is 14.6. The number of sulfonamides is 1. The van der Waals surface area contributed by atoms with Crippen molar-refractivity contribution >= 4 is 10.0 Å². The Bertz CT molecular complexity index is 535. The molecule has 2 heterocycles. The molecule has 1 aromatic heterocycles. The first-order valence-corrected chi connectivity index (χ1v) is 8.22. The van der Waals surface area contributed by atoms with Gasteiger partial charge in [0.2, 0.25) is 10.0 Å². The fourth-order valence-electron chi connectivity index (χ4n) is 2.23. The molecule has 0 saturated carbocycles. The minimum absolute atomic E-state index is 0.195. The standard InChI is InChI=1S/C12H22N4O3S/c1-12(4-3-7-19-10-12)15-20(17,18)11-8-14-16(9-11)6-5-13-2/h8-9,13,15H,3-7,10H2,1-2H3. The van der Waals surface area contributed by atoms with Crippen molar-refractivity contribution in [3.63, 3.8) is 0 Å². The molecule has 20 heavy (non-hydrogen) atoms. The highest BCUT2D eigenvalue weighted by Crippen LogP contribution is 2.21. The molecule has 0 aromatic carbocycles. The summed E-state index contributed by atoms with van der Waals surface area (Å²) in [5.41, 5.74) is -0.538. The Morgan fingerprint density at radius 1 is 1.55 bits per heavy atom. The molecule has 0 amide bonds. The van der Waals surface area contributed by atoms with E-state index in [4.69, 9.17) is 4.74 Å². The lowest BCUT2D eigenvalue weighted by atomic mass is 9.97. The van der Waals surface area contributed by atoms with Crippen LogP contribution in [0.5, 0.6) is 0 Å². The Morgan fingerprint density at radius 3 is 3.00 bits per heavy atom. The molecule has 1 fully saturated rings. The number of hydrogen-bond acceptors (Lipinski definition) is 5. The monoisotopic (exact) mass is 302 g/mol. The normalized spacial score (nSPS) is 23.9. The van der Waals surface area contributed by atoms with Gasteiger partial charge < -0.3 is 10.1 Å². The van der Waals surface area contributed by atoms with Crippen molar-refractivity contribution in [1.82, 2.24) is 19.8 Å². The van der Waals surface area contributed by atoms with Gasteiger partial charge in [-0.2, -0.15) is 5.10 Å². The maximum Gasteiger partial charge on any atom is 0.244 e. The zero-order valence-corrected chi connectivity index (χ0v) is 12.7. The van der Waals surface area contributed by atoms with Crippen molar-refractivity contribution in [2.45, 2.75) is 36.7 Å². The Morgan fingerprint density at radius 2 is 2.35 bits per heavy atom. The molecule has 0 radical (unpaired) electrons. The van der Waals surface area contributed by atoms with Gasteiger partial charge in [-0.1, -0.05) is 0 Å². The summed E-state index contributed by atoms with van der Waals surface area (Å²) in [6.07, 6.45) is 4.57. The second kappa shape index (κ2) is 6.21. The molecular formula is C12H22N4O3S. The highest BCUT2D eigenvalue weighted by molar-refractivity contribution is 7.89. The minimum Gasteiger partial charge on any atom is -0.380 e. The molecule has 1 saturated heterocycles. The van der Waals surface area contributed by atoms with Crippen LogP contribution in [0.2, 0.25) is 0 Å². The van der Waals surface area contributed by atoms with Gasteiger partial charge in [-0.05, 0) is 26.8 Å². The van der Waals surface area contributed by atoms with Crippen molar-refractivity contribution in [3.8, 4) is 0 Å². The Kier molecular flexibility index (Phi) is 4.79. The molecule has 0 aliphatic carbocycles. The van der Waals surface area contributed by atoms with E-state index in [1.807, 2.05) is 14.0 Å². The number of likely N-dealkylation sites (N-methyl/N-ethyl adjacent to an activating group) is 1. The number of hydrogen-bond donors (Lipinski definition) is 2. The maximum absolute atomic E-state index is 12.4. The van der Waals surface area contributed by atoms with Crippen molar-refractivity contribution in [3.05, 3.63) is 12.4 Å². The van der Waals surface area contributed by atoms with Crippen LogP contribution in [-0.2, 0) is 21.3 Å². The molecule has 1 aromatic rings. The van der Waals surface area contributed by atoms with Crippen molar-refractivity contribution < 1.29 is 13.2 Å². The Labute approximate surface area is 119 Å². The van der Waals surface area contributed by atoms with Crippen molar-refractivity contribution in [2.75, 3.05) is 26.8 Å². The summed E-state index contributed by atoms with van der Waals surface area (Å²) in [5.74, 6) is 0. The van der Waals surface area contributed by atoms with Gasteiger partial charge in [0.25, 0.3) is 0 Å². The lowest BCUT2D eigenvalue weighted by Gasteiger charge is -2.33. The Balaban J connectivity index is 2.07. The van der Waals surface area contributed by atoms with Gasteiger partial charge in [0.1, 0.15) is 4.90 Å². The Hall–Kier alpha value is -0.960. The van der Waals surface area contributed by atoms with E-state index in [0.29, 0.717) is 19.8 Å². The van der Waals surface area contributed by atoms with Crippen molar-refractivity contribution in [1.29, 1.82) is 0 Å².